The van der Waals surface area contributed by atoms with Crippen LogP contribution < -0.4 is 15.2 Å². The Labute approximate surface area is 266 Å². The molecule has 2 aliphatic heterocycles. The van der Waals surface area contributed by atoms with Gasteiger partial charge in [-0.3, -0.25) is 19.3 Å². The van der Waals surface area contributed by atoms with Crippen molar-refractivity contribution >= 4 is 62.5 Å². The number of nitrogens with zero attached hydrogens (tertiary/aromatic N) is 3. The average Bonchev–Trinajstić information content (AvgIpc) is 3.60. The van der Waals surface area contributed by atoms with Crippen LogP contribution in [0.1, 0.15) is 60.7 Å². The molecule has 2 amide bonds. The van der Waals surface area contributed by atoms with E-state index in [-0.39, 0.29) is 45.5 Å². The predicted octanol–water partition coefficient (Wildman–Crippen LogP) is 6.46. The maximum Gasteiger partial charge on any atom is 0.350 e. The lowest BCUT2D eigenvalue weighted by Crippen LogP contribution is -2.53. The SMILES string of the molecule is CCOC(=O)c1sc(N2C(=O)c3oc4cc(C)c(C)cc4c(=O)c3C23C(=O)N(Cc2ccccc2Cl)c2ccccc23)nc1C. The zero-order chi connectivity index (χ0) is 31.8. The number of para-hydroxylation sites is 1. The Morgan fingerprint density at radius 2 is 1.73 bits per heavy atom. The van der Waals surface area contributed by atoms with Gasteiger partial charge in [0.25, 0.3) is 11.8 Å². The number of carbonyl (C=O) groups is 3. The van der Waals surface area contributed by atoms with E-state index in [0.29, 0.717) is 27.5 Å². The molecule has 0 fully saturated rings. The summed E-state index contributed by atoms with van der Waals surface area (Å²) in [5, 5.41) is 0.781. The predicted molar refractivity (Wildman–Crippen MR) is 171 cm³/mol. The highest BCUT2D eigenvalue weighted by molar-refractivity contribution is 7.17. The Balaban J connectivity index is 1.55. The molecule has 0 saturated heterocycles. The van der Waals surface area contributed by atoms with Gasteiger partial charge in [-0.2, -0.15) is 0 Å². The molecule has 1 unspecified atom stereocenters. The number of halogens is 1. The van der Waals surface area contributed by atoms with E-state index < -0.39 is 28.8 Å². The first-order valence-electron chi connectivity index (χ1n) is 14.3. The van der Waals surface area contributed by atoms with E-state index in [2.05, 4.69) is 4.98 Å². The number of fused-ring (bicyclic) bond motifs is 5. The summed E-state index contributed by atoms with van der Waals surface area (Å²) in [5.74, 6) is -2.10. The van der Waals surface area contributed by atoms with Crippen LogP contribution in [0.5, 0.6) is 0 Å². The topological polar surface area (TPSA) is 110 Å². The first kappa shape index (κ1) is 28.9. The number of amides is 2. The highest BCUT2D eigenvalue weighted by Gasteiger charge is 2.66. The molecule has 3 aromatic carbocycles. The summed E-state index contributed by atoms with van der Waals surface area (Å²) < 4.78 is 11.5. The van der Waals surface area contributed by atoms with E-state index in [1.165, 1.54) is 9.80 Å². The van der Waals surface area contributed by atoms with Gasteiger partial charge in [0.05, 0.1) is 35.5 Å². The largest absolute Gasteiger partial charge is 0.462 e. The number of hydrogen-bond acceptors (Lipinski definition) is 8. The van der Waals surface area contributed by atoms with Gasteiger partial charge >= 0.3 is 5.97 Å². The summed E-state index contributed by atoms with van der Waals surface area (Å²) in [6, 6.07) is 17.6. The van der Waals surface area contributed by atoms with Crippen LogP contribution >= 0.6 is 22.9 Å². The molecular formula is C34H26ClN3O6S. The number of benzene rings is 3. The number of aromatic nitrogens is 1. The maximum atomic E-state index is 15.1. The van der Waals surface area contributed by atoms with E-state index in [0.717, 1.165) is 22.5 Å². The van der Waals surface area contributed by atoms with Gasteiger partial charge in [0, 0.05) is 10.6 Å². The Morgan fingerprint density at radius 1 is 1.02 bits per heavy atom. The number of rotatable bonds is 5. The van der Waals surface area contributed by atoms with Crippen molar-refractivity contribution in [1.29, 1.82) is 0 Å². The lowest BCUT2D eigenvalue weighted by molar-refractivity contribution is -0.121. The lowest BCUT2D eigenvalue weighted by atomic mass is 9.84. The van der Waals surface area contributed by atoms with Crippen molar-refractivity contribution in [2.24, 2.45) is 0 Å². The molecule has 11 heteroatoms. The number of anilines is 2. The van der Waals surface area contributed by atoms with Gasteiger partial charge in [0.15, 0.2) is 16.1 Å². The number of carbonyl (C=O) groups excluding carboxylic acids is 3. The van der Waals surface area contributed by atoms with Gasteiger partial charge in [0.2, 0.25) is 5.76 Å². The van der Waals surface area contributed by atoms with Gasteiger partial charge in [-0.15, -0.1) is 0 Å². The van der Waals surface area contributed by atoms with Crippen molar-refractivity contribution in [1.82, 2.24) is 4.98 Å². The van der Waals surface area contributed by atoms with Crippen LogP contribution in [0.3, 0.4) is 0 Å². The minimum absolute atomic E-state index is 0.0607. The Bertz CT molecular complexity index is 2170. The molecule has 0 bridgehead atoms. The van der Waals surface area contributed by atoms with Crippen molar-refractivity contribution in [3.05, 3.63) is 120 Å². The molecule has 0 radical (unpaired) electrons. The third-order valence-corrected chi connectivity index (χ3v) is 9.96. The summed E-state index contributed by atoms with van der Waals surface area (Å²) in [4.78, 5) is 64.6. The summed E-state index contributed by atoms with van der Waals surface area (Å²) in [6.07, 6.45) is 0. The molecule has 7 rings (SSSR count). The lowest BCUT2D eigenvalue weighted by Gasteiger charge is -2.32. The van der Waals surface area contributed by atoms with Crippen LogP contribution in [-0.4, -0.2) is 29.4 Å². The number of esters is 1. The number of aryl methyl sites for hydroxylation is 3. The fourth-order valence-electron chi connectivity index (χ4n) is 6.24. The van der Waals surface area contributed by atoms with Gasteiger partial charge in [-0.1, -0.05) is 59.3 Å². The van der Waals surface area contributed by atoms with Crippen molar-refractivity contribution < 1.29 is 23.5 Å². The van der Waals surface area contributed by atoms with Crippen LogP contribution in [0.15, 0.2) is 69.9 Å². The monoisotopic (exact) mass is 639 g/mol. The fourth-order valence-corrected chi connectivity index (χ4v) is 7.44. The van der Waals surface area contributed by atoms with E-state index in [1.54, 1.807) is 62.4 Å². The molecule has 226 valence electrons. The second kappa shape index (κ2) is 10.4. The molecule has 5 aromatic rings. The molecule has 1 spiro atoms. The highest BCUT2D eigenvalue weighted by Crippen LogP contribution is 2.55. The summed E-state index contributed by atoms with van der Waals surface area (Å²) in [5.41, 5.74) is 1.36. The summed E-state index contributed by atoms with van der Waals surface area (Å²) in [6.45, 7) is 7.32. The molecule has 45 heavy (non-hydrogen) atoms. The van der Waals surface area contributed by atoms with Crippen molar-refractivity contribution in [2.75, 3.05) is 16.4 Å². The molecule has 0 saturated carbocycles. The standard InChI is InChI=1S/C34H26ClN3O6S/c1-5-43-31(41)29-19(4)36-33(45-29)38-30(40)28-26(27(39)21-14-17(2)18(3)15-25(21)44-28)34(38)22-11-7-9-13-24(22)37(32(34)42)16-20-10-6-8-12-23(20)35/h6-15H,5,16H2,1-4H3. The van der Waals surface area contributed by atoms with E-state index in [4.69, 9.17) is 20.8 Å². The normalized spacial score (nSPS) is 17.0. The minimum atomic E-state index is -1.96. The average molecular weight is 640 g/mol. The third kappa shape index (κ3) is 4.02. The first-order valence-corrected chi connectivity index (χ1v) is 15.5. The van der Waals surface area contributed by atoms with Crippen molar-refractivity contribution in [2.45, 2.75) is 39.8 Å². The third-order valence-electron chi connectivity index (χ3n) is 8.46. The fraction of sp³-hybridized carbons (Fsp3) is 0.206. The second-order valence-corrected chi connectivity index (χ2v) is 12.4. The summed E-state index contributed by atoms with van der Waals surface area (Å²) in [7, 11) is 0. The van der Waals surface area contributed by atoms with Crippen LogP contribution in [-0.2, 0) is 21.6 Å². The van der Waals surface area contributed by atoms with Crippen molar-refractivity contribution in [3.8, 4) is 0 Å². The number of ether oxygens (including phenoxy) is 1. The molecule has 2 aliphatic rings. The van der Waals surface area contributed by atoms with Gasteiger partial charge in [-0.05, 0) is 68.7 Å². The van der Waals surface area contributed by atoms with Gasteiger partial charge < -0.3 is 14.1 Å². The minimum Gasteiger partial charge on any atom is -0.462 e. The molecule has 4 heterocycles. The smallest absolute Gasteiger partial charge is 0.350 e. The van der Waals surface area contributed by atoms with Gasteiger partial charge in [0.1, 0.15) is 10.5 Å². The van der Waals surface area contributed by atoms with Crippen LogP contribution in [0.2, 0.25) is 5.02 Å². The Kier molecular flexibility index (Phi) is 6.68. The van der Waals surface area contributed by atoms with E-state index in [9.17, 15) is 14.4 Å². The molecule has 0 N–H and O–H groups in total. The molecule has 0 aliphatic carbocycles. The van der Waals surface area contributed by atoms with E-state index in [1.807, 2.05) is 26.0 Å². The molecule has 9 nitrogen and oxygen atoms in total. The van der Waals surface area contributed by atoms with Crippen LogP contribution in [0.25, 0.3) is 11.0 Å². The van der Waals surface area contributed by atoms with Gasteiger partial charge in [-0.25, -0.2) is 9.78 Å². The van der Waals surface area contributed by atoms with Crippen LogP contribution in [0.4, 0.5) is 10.8 Å². The number of hydrogen-bond donors (Lipinski definition) is 0. The van der Waals surface area contributed by atoms with Crippen molar-refractivity contribution in [3.63, 3.8) is 0 Å². The van der Waals surface area contributed by atoms with Crippen LogP contribution in [0, 0.1) is 20.8 Å². The number of thiazole rings is 1. The van der Waals surface area contributed by atoms with E-state index >= 15 is 4.79 Å². The maximum absolute atomic E-state index is 15.1. The molecular weight excluding hydrogens is 614 g/mol. The second-order valence-electron chi connectivity index (χ2n) is 11.1. The molecule has 1 atom stereocenters. The quantitative estimate of drug-likeness (QED) is 0.203. The Hall–Kier alpha value is -4.80. The summed E-state index contributed by atoms with van der Waals surface area (Å²) >= 11 is 7.45. The zero-order valence-electron chi connectivity index (χ0n) is 24.8. The first-order chi connectivity index (χ1) is 21.6. The highest BCUT2D eigenvalue weighted by atomic mass is 35.5. The Morgan fingerprint density at radius 3 is 2.49 bits per heavy atom. The zero-order valence-corrected chi connectivity index (χ0v) is 26.3. The molecule has 2 aromatic heterocycles.